The van der Waals surface area contributed by atoms with Crippen molar-refractivity contribution in [2.24, 2.45) is 0 Å². The molecule has 5 heteroatoms. The fraction of sp³-hybridized carbons (Fsp3) is 0.0500. The van der Waals surface area contributed by atoms with Gasteiger partial charge in [0.25, 0.3) is 5.69 Å². The van der Waals surface area contributed by atoms with Gasteiger partial charge in [0.2, 0.25) is 17.6 Å². The van der Waals surface area contributed by atoms with Crippen LogP contribution in [0.15, 0.2) is 54.6 Å². The molecule has 1 atom stereocenters. The number of benzene rings is 2. The number of nitrogens with one attached hydrogen (secondary N) is 1. The molecule has 0 spiro atoms. The Morgan fingerprint density at radius 2 is 1.72 bits per heavy atom. The summed E-state index contributed by atoms with van der Waals surface area (Å²) < 4.78 is 5.89. The minimum absolute atomic E-state index is 0.0212. The smallest absolute Gasteiger partial charge is 0.258 e. The van der Waals surface area contributed by atoms with Gasteiger partial charge in [-0.25, -0.2) is 4.99 Å². The van der Waals surface area contributed by atoms with Crippen molar-refractivity contribution in [2.45, 2.75) is 6.10 Å². The molecule has 0 saturated heterocycles. The molecule has 1 aliphatic heterocycles. The van der Waals surface area contributed by atoms with Gasteiger partial charge in [-0.05, 0) is 6.08 Å². The van der Waals surface area contributed by atoms with Crippen LogP contribution in [0.5, 0.6) is 11.5 Å². The Bertz CT molecular complexity index is 1080. The van der Waals surface area contributed by atoms with E-state index in [4.69, 9.17) is 4.74 Å². The van der Waals surface area contributed by atoms with Crippen LogP contribution < -0.4 is 9.73 Å². The van der Waals surface area contributed by atoms with Gasteiger partial charge in [0.15, 0.2) is 11.5 Å². The molecule has 3 aliphatic rings. The number of aromatic hydroxyl groups is 1. The SMILES string of the molecule is O=C1c2ccccc2C(=O)c2c3c(cc(O)c21)OC1C=CC=CC1=[NH+]3. The summed E-state index contributed by atoms with van der Waals surface area (Å²) in [5.74, 6) is -0.561. The number of phenolic OH excluding ortho intramolecular Hbond substituents is 1. The highest BCUT2D eigenvalue weighted by atomic mass is 16.5. The zero-order valence-electron chi connectivity index (χ0n) is 12.9. The van der Waals surface area contributed by atoms with Gasteiger partial charge in [-0.2, -0.15) is 0 Å². The van der Waals surface area contributed by atoms with Crippen molar-refractivity contribution in [3.8, 4) is 11.5 Å². The summed E-state index contributed by atoms with van der Waals surface area (Å²) in [6, 6.07) is 8.03. The molecule has 2 aromatic carbocycles. The van der Waals surface area contributed by atoms with Gasteiger partial charge in [0.1, 0.15) is 11.3 Å². The maximum absolute atomic E-state index is 13.0. The van der Waals surface area contributed by atoms with Crippen LogP contribution in [0, 0.1) is 0 Å². The van der Waals surface area contributed by atoms with Crippen LogP contribution in [-0.2, 0) is 0 Å². The van der Waals surface area contributed by atoms with Gasteiger partial charge in [-0.1, -0.05) is 36.4 Å². The molecule has 1 heterocycles. The summed E-state index contributed by atoms with van der Waals surface area (Å²) in [7, 11) is 0. The molecule has 5 rings (SSSR count). The van der Waals surface area contributed by atoms with E-state index >= 15 is 0 Å². The van der Waals surface area contributed by atoms with E-state index in [-0.39, 0.29) is 34.5 Å². The maximum atomic E-state index is 13.0. The van der Waals surface area contributed by atoms with Gasteiger partial charge in [-0.3, -0.25) is 9.59 Å². The number of rotatable bonds is 0. The highest BCUT2D eigenvalue weighted by molar-refractivity contribution is 6.31. The fourth-order valence-corrected chi connectivity index (χ4v) is 3.49. The predicted molar refractivity (Wildman–Crippen MR) is 89.7 cm³/mol. The average Bonchev–Trinajstić information content (AvgIpc) is 2.64. The Morgan fingerprint density at radius 1 is 1.00 bits per heavy atom. The van der Waals surface area contributed by atoms with Gasteiger partial charge >= 0.3 is 0 Å². The number of ether oxygens (including phenoxy) is 1. The number of phenols is 1. The van der Waals surface area contributed by atoms with Gasteiger partial charge in [0.05, 0.1) is 5.56 Å². The fourth-order valence-electron chi connectivity index (χ4n) is 3.49. The second-order valence-corrected chi connectivity index (χ2v) is 6.09. The molecular formula is C20H12NO4+. The van der Waals surface area contributed by atoms with Crippen molar-refractivity contribution >= 4 is 23.0 Å². The topological polar surface area (TPSA) is 77.6 Å². The summed E-state index contributed by atoms with van der Waals surface area (Å²) in [6.45, 7) is 0. The number of hydrogen-bond acceptors (Lipinski definition) is 4. The zero-order valence-corrected chi connectivity index (χ0v) is 12.9. The van der Waals surface area contributed by atoms with E-state index in [1.54, 1.807) is 24.3 Å². The Hall–Kier alpha value is -3.47. The van der Waals surface area contributed by atoms with Crippen LogP contribution in [0.1, 0.15) is 31.8 Å². The monoisotopic (exact) mass is 330 g/mol. The van der Waals surface area contributed by atoms with E-state index in [0.29, 0.717) is 22.6 Å². The molecule has 2 aromatic rings. The molecular weight excluding hydrogens is 318 g/mol. The molecule has 0 fully saturated rings. The van der Waals surface area contributed by atoms with Crippen LogP contribution >= 0.6 is 0 Å². The van der Waals surface area contributed by atoms with Crippen LogP contribution in [0.25, 0.3) is 0 Å². The Morgan fingerprint density at radius 3 is 2.48 bits per heavy atom. The minimum Gasteiger partial charge on any atom is -0.507 e. The number of fused-ring (bicyclic) bond motifs is 5. The lowest BCUT2D eigenvalue weighted by atomic mass is 9.82. The first-order chi connectivity index (χ1) is 12.1. The Labute approximate surface area is 142 Å². The van der Waals surface area contributed by atoms with Crippen molar-refractivity contribution in [2.75, 3.05) is 0 Å². The molecule has 0 bridgehead atoms. The molecule has 0 saturated carbocycles. The van der Waals surface area contributed by atoms with E-state index in [1.165, 1.54) is 6.07 Å². The third-order valence-electron chi connectivity index (χ3n) is 4.64. The normalized spacial score (nSPS) is 19.4. The number of ketones is 2. The average molecular weight is 330 g/mol. The van der Waals surface area contributed by atoms with Gasteiger partial charge < -0.3 is 9.84 Å². The quantitative estimate of drug-likeness (QED) is 0.608. The largest absolute Gasteiger partial charge is 0.507 e. The van der Waals surface area contributed by atoms with E-state index in [0.717, 1.165) is 5.71 Å². The second-order valence-electron chi connectivity index (χ2n) is 6.09. The molecule has 2 aliphatic carbocycles. The standard InChI is InChI=1S/C20H11NO4/c22-13-9-15-18(21-12-7-3-4-8-14(12)25-15)17-16(13)19(23)10-5-1-2-6-11(10)20(17)24/h1-9,14,22H/p+1. The summed E-state index contributed by atoms with van der Waals surface area (Å²) in [5.41, 5.74) is 2.02. The molecule has 0 amide bonds. The van der Waals surface area contributed by atoms with E-state index in [1.807, 2.05) is 24.3 Å². The highest BCUT2D eigenvalue weighted by Gasteiger charge is 2.41. The molecule has 120 valence electrons. The van der Waals surface area contributed by atoms with Crippen LogP contribution in [0.3, 0.4) is 0 Å². The molecule has 0 radical (unpaired) electrons. The molecule has 25 heavy (non-hydrogen) atoms. The Balaban J connectivity index is 1.82. The van der Waals surface area contributed by atoms with E-state index < -0.39 is 0 Å². The molecule has 5 nitrogen and oxygen atoms in total. The lowest BCUT2D eigenvalue weighted by Gasteiger charge is -2.24. The molecule has 0 aromatic heterocycles. The molecule has 1 unspecified atom stereocenters. The number of hydrogen-bond donors (Lipinski definition) is 2. The zero-order chi connectivity index (χ0) is 17.1. The van der Waals surface area contributed by atoms with Crippen molar-refractivity contribution in [1.82, 2.24) is 0 Å². The highest BCUT2D eigenvalue weighted by Crippen LogP contribution is 2.41. The van der Waals surface area contributed by atoms with Gasteiger partial charge in [0, 0.05) is 23.3 Å². The maximum Gasteiger partial charge on any atom is 0.258 e. The number of carbonyl (C=O) groups is 2. The van der Waals surface area contributed by atoms with Crippen molar-refractivity contribution in [1.29, 1.82) is 0 Å². The van der Waals surface area contributed by atoms with Crippen molar-refractivity contribution < 1.29 is 24.4 Å². The second kappa shape index (κ2) is 4.77. The first-order valence-electron chi connectivity index (χ1n) is 7.89. The van der Waals surface area contributed by atoms with Gasteiger partial charge in [-0.15, -0.1) is 0 Å². The summed E-state index contributed by atoms with van der Waals surface area (Å²) in [5, 5.41) is 10.4. The summed E-state index contributed by atoms with van der Waals surface area (Å²) in [4.78, 5) is 29.1. The summed E-state index contributed by atoms with van der Waals surface area (Å²) in [6.07, 6.45) is 7.14. The first-order valence-corrected chi connectivity index (χ1v) is 7.89. The van der Waals surface area contributed by atoms with Crippen LogP contribution in [0.4, 0.5) is 5.69 Å². The lowest BCUT2D eigenvalue weighted by molar-refractivity contribution is -0.362. The van der Waals surface area contributed by atoms with E-state index in [2.05, 4.69) is 4.99 Å². The first kappa shape index (κ1) is 13.9. The predicted octanol–water partition coefficient (Wildman–Crippen LogP) is 1.21. The minimum atomic E-state index is -0.362. The van der Waals surface area contributed by atoms with Crippen molar-refractivity contribution in [3.05, 3.63) is 76.9 Å². The van der Waals surface area contributed by atoms with Crippen molar-refractivity contribution in [3.63, 3.8) is 0 Å². The number of allylic oxidation sites excluding steroid dienone is 2. The third kappa shape index (κ3) is 1.80. The Kier molecular flexibility index (Phi) is 2.65. The van der Waals surface area contributed by atoms with Crippen LogP contribution in [0.2, 0.25) is 0 Å². The van der Waals surface area contributed by atoms with E-state index in [9.17, 15) is 14.7 Å². The third-order valence-corrected chi connectivity index (χ3v) is 4.64. The molecule has 2 N–H and O–H groups in total. The summed E-state index contributed by atoms with van der Waals surface area (Å²) >= 11 is 0. The lowest BCUT2D eigenvalue weighted by Crippen LogP contribution is -2.72. The van der Waals surface area contributed by atoms with Crippen LogP contribution in [-0.4, -0.2) is 28.5 Å². The number of carbonyl (C=O) groups excluding carboxylic acids is 2.